The van der Waals surface area contributed by atoms with Gasteiger partial charge in [0.25, 0.3) is 0 Å². The molecular weight excluding hydrogens is 1890 g/mol. The van der Waals surface area contributed by atoms with Crippen LogP contribution in [-0.4, -0.2) is 73.2 Å². The van der Waals surface area contributed by atoms with E-state index in [1.165, 1.54) is 0 Å². The second kappa shape index (κ2) is 49.1. The molecule has 0 unspecified atom stereocenters. The van der Waals surface area contributed by atoms with Crippen molar-refractivity contribution in [3.63, 3.8) is 0 Å². The minimum Gasteiger partial charge on any atom is -0.871 e. The van der Waals surface area contributed by atoms with Crippen LogP contribution >= 0.6 is 133 Å². The van der Waals surface area contributed by atoms with Gasteiger partial charge in [-0.25, -0.2) is 0 Å². The first-order valence-electron chi connectivity index (χ1n) is 34.6. The van der Waals surface area contributed by atoms with E-state index in [0.717, 1.165) is 102 Å². The van der Waals surface area contributed by atoms with Crippen molar-refractivity contribution < 1.29 is 57.5 Å². The topological polar surface area (TPSA) is 194 Å². The van der Waals surface area contributed by atoms with Crippen LogP contribution < -0.4 is 10.2 Å². The summed E-state index contributed by atoms with van der Waals surface area (Å²) < 4.78 is 7.08. The van der Waals surface area contributed by atoms with Gasteiger partial charge in [-0.15, -0.1) is 81.0 Å². The van der Waals surface area contributed by atoms with Crippen LogP contribution in [0.1, 0.15) is 119 Å². The summed E-state index contributed by atoms with van der Waals surface area (Å²) in [5, 5.41) is 38.5. The zero-order valence-corrected chi connectivity index (χ0v) is 77.2. The Morgan fingerprint density at radius 2 is 0.705 bits per heavy atom. The van der Waals surface area contributed by atoms with Crippen molar-refractivity contribution >= 4 is 224 Å². The van der Waals surface area contributed by atoms with Crippen LogP contribution in [0.4, 0.5) is 22.7 Å². The maximum atomic E-state index is 12.4. The summed E-state index contributed by atoms with van der Waals surface area (Å²) in [7, 11) is 0. The number of allylic oxidation sites excluding steroid dienone is 10. The zero-order chi connectivity index (χ0) is 81.5. The minimum atomic E-state index is -0.0556. The van der Waals surface area contributed by atoms with Crippen LogP contribution in [-0.2, 0) is 58.1 Å². The standard InChI is InChI=1S/4C20H19BrN2O.C4H10O.3CH2Cl2.2Ni/c4*1-20(2,3)15-10-14(19(24)16(21)11-15)12-23-17-8-4-6-13-7-5-9-22-18(13)17;1-3-5-4-2;3*2-1-3;;/h2*4-12H,1-3H3,(H,23,24);2*4-12,24H,1-3H3;3-4H2,1-2H3;3*1H2;;/q;;;;;;;;2*+2/p-4. The van der Waals surface area contributed by atoms with Crippen molar-refractivity contribution in [2.24, 2.45) is 20.8 Å². The molecule has 13 nitrogen and oxygen atoms in total. The molecule has 0 radical (unpaired) electrons. The summed E-state index contributed by atoms with van der Waals surface area (Å²) in [5.41, 5.74) is 12.8. The van der Waals surface area contributed by atoms with E-state index in [1.54, 1.807) is 49.6 Å². The summed E-state index contributed by atoms with van der Waals surface area (Å²) in [6.07, 6.45) is 21.1. The SMILES string of the molecule is CC(C)(C)C1=C/C(=C/[N-]c2cccc3cccnc23)C(=O)C(Br)=C1.CC(C)(C)C1=C/C(=C/[N-]c2cccc3cccnc23)C(=O)C(Br)=C1.CC(C)(C)c1cc(Br)c([O-])c(C=Nc2cccc3cccnc23)c1.CC(C)(C)c1cc(Br)c([O-])c(C=Nc2cccc3cccnc23)c1.CCOCC.ClCCl.ClCCl.ClCCl.[Ni+2].[Ni+2]. The van der Waals surface area contributed by atoms with E-state index in [4.69, 9.17) is 74.3 Å². The fraction of sp³-hybridized carbons (Fsp3) is 0.264. The Bertz CT molecular complexity index is 4720. The van der Waals surface area contributed by atoms with Crippen molar-refractivity contribution in [3.8, 4) is 11.5 Å². The van der Waals surface area contributed by atoms with Gasteiger partial charge in [0.05, 0.1) is 58.4 Å². The molecule has 0 aliphatic heterocycles. The summed E-state index contributed by atoms with van der Waals surface area (Å²) >= 11 is 42.1. The van der Waals surface area contributed by atoms with Gasteiger partial charge in [-0.1, -0.05) is 224 Å². The number of carbonyl (C=O) groups is 2. The predicted molar refractivity (Wildman–Crippen MR) is 479 cm³/mol. The fourth-order valence-corrected chi connectivity index (χ4v) is 12.0. The van der Waals surface area contributed by atoms with E-state index in [-0.39, 0.29) is 93.7 Å². The second-order valence-electron chi connectivity index (χ2n) is 28.0. The Morgan fingerprint density at radius 3 is 0.991 bits per heavy atom. The number of aromatic nitrogens is 4. The number of ether oxygens (including phenoxy) is 1. The summed E-state index contributed by atoms with van der Waals surface area (Å²) in [6.45, 7) is 31.1. The van der Waals surface area contributed by atoms with E-state index in [1.807, 2.05) is 184 Å². The van der Waals surface area contributed by atoms with Crippen molar-refractivity contribution in [1.82, 2.24) is 19.9 Å². The van der Waals surface area contributed by atoms with Crippen LogP contribution in [0.5, 0.6) is 11.5 Å². The number of alkyl halides is 6. The molecule has 0 amide bonds. The first-order valence-corrected chi connectivity index (χ1v) is 41.0. The van der Waals surface area contributed by atoms with Crippen LogP contribution in [0.3, 0.4) is 0 Å². The number of aliphatic imine (C=N–C) groups is 2. The first kappa shape index (κ1) is 100. The van der Waals surface area contributed by atoms with Crippen LogP contribution in [0.2, 0.25) is 0 Å². The van der Waals surface area contributed by atoms with Gasteiger partial charge in [0.1, 0.15) is 0 Å². The molecular formula is C87H88Br4Cl6N8Ni2O5. The van der Waals surface area contributed by atoms with Crippen molar-refractivity contribution in [1.29, 1.82) is 0 Å². The molecule has 6 aromatic carbocycles. The van der Waals surface area contributed by atoms with Crippen molar-refractivity contribution in [2.75, 3.05) is 29.2 Å². The number of benzene rings is 6. The van der Waals surface area contributed by atoms with Crippen LogP contribution in [0.25, 0.3) is 54.2 Å². The molecule has 596 valence electrons. The number of pyridine rings is 4. The Kier molecular flexibility index (Phi) is 43.8. The van der Waals surface area contributed by atoms with Crippen molar-refractivity contribution in [2.45, 2.75) is 108 Å². The smallest absolute Gasteiger partial charge is 0.871 e. The fourth-order valence-electron chi connectivity index (χ4n) is 10.1. The van der Waals surface area contributed by atoms with Gasteiger partial charge < -0.3 is 25.6 Å². The minimum absolute atomic E-state index is 0. The van der Waals surface area contributed by atoms with Gasteiger partial charge in [0.2, 0.25) is 0 Å². The Labute approximate surface area is 743 Å². The summed E-state index contributed by atoms with van der Waals surface area (Å²) in [5.74, 6) is -0.222. The van der Waals surface area contributed by atoms with E-state index >= 15 is 0 Å². The van der Waals surface area contributed by atoms with Gasteiger partial charge >= 0.3 is 33.0 Å². The van der Waals surface area contributed by atoms with Crippen molar-refractivity contribution in [3.05, 3.63) is 280 Å². The molecule has 0 spiro atoms. The number of hydrogen-bond donors (Lipinski definition) is 0. The van der Waals surface area contributed by atoms with Crippen LogP contribution in [0, 0.1) is 10.8 Å². The molecule has 4 heterocycles. The average molecular weight is 1980 g/mol. The number of halogens is 10. The largest absolute Gasteiger partial charge is 2.00 e. The molecule has 0 saturated heterocycles. The third-order valence-corrected chi connectivity index (χ3v) is 18.3. The normalized spacial score (nSPS) is 13.4. The van der Waals surface area contributed by atoms with E-state index in [2.05, 4.69) is 187 Å². The molecule has 0 bridgehead atoms. The Balaban J connectivity index is 0.000000363. The molecule has 0 N–H and O–H groups in total. The number of ketones is 2. The third kappa shape index (κ3) is 31.2. The number of rotatable bonds is 10. The second-order valence-corrected chi connectivity index (χ2v) is 33.9. The Morgan fingerprint density at radius 1 is 0.420 bits per heavy atom. The van der Waals surface area contributed by atoms with Gasteiger partial charge in [-0.3, -0.25) is 39.5 Å². The van der Waals surface area contributed by atoms with Gasteiger partial charge in [0, 0.05) is 81.3 Å². The monoisotopic (exact) mass is 1970 g/mol. The molecule has 112 heavy (non-hydrogen) atoms. The van der Waals surface area contributed by atoms with Gasteiger partial charge in [0.15, 0.2) is 11.6 Å². The van der Waals surface area contributed by atoms with Crippen LogP contribution in [0.15, 0.2) is 257 Å². The summed E-state index contributed by atoms with van der Waals surface area (Å²) in [4.78, 5) is 51.4. The molecule has 4 aromatic heterocycles. The maximum Gasteiger partial charge on any atom is 2.00 e. The average Bonchev–Trinajstić information content (AvgIpc) is 0.816. The quantitative estimate of drug-likeness (QED) is 0.0554. The molecule has 10 aromatic rings. The number of nitrogens with zero attached hydrogens (tertiary/aromatic N) is 8. The molecule has 0 fully saturated rings. The number of hydrogen-bond acceptors (Lipinski definition) is 11. The zero-order valence-electron chi connectivity index (χ0n) is 64.4. The van der Waals surface area contributed by atoms with Gasteiger partial charge in [-0.05, 0) is 184 Å². The maximum absolute atomic E-state index is 12.4. The van der Waals surface area contributed by atoms with E-state index < -0.39 is 0 Å². The van der Waals surface area contributed by atoms with E-state index in [0.29, 0.717) is 40.2 Å². The molecule has 12 rings (SSSR count). The molecule has 0 atom stereocenters. The number of fused-ring (bicyclic) bond motifs is 4. The molecule has 2 aliphatic carbocycles. The molecule has 2 aliphatic rings. The summed E-state index contributed by atoms with van der Waals surface area (Å²) in [6, 6.07) is 46.5. The molecule has 0 saturated carbocycles. The number of para-hydroxylation sites is 4. The first-order chi connectivity index (χ1) is 52.1. The molecule has 25 heteroatoms. The predicted octanol–water partition coefficient (Wildman–Crippen LogP) is 27.5. The van der Waals surface area contributed by atoms with E-state index in [9.17, 15) is 19.8 Å². The number of Topliss-reactive ketones (excluding diaryl/α,β-unsaturated/α-hetero) is 2. The van der Waals surface area contributed by atoms with Gasteiger partial charge in [-0.2, -0.15) is 12.4 Å². The number of carbonyl (C=O) groups excluding carboxylic acids is 2. The Hall–Kier alpha value is -6.11. The third-order valence-electron chi connectivity index (χ3n) is 16.0.